The molecular weight excluding hydrogens is 204 g/mol. The van der Waals surface area contributed by atoms with Crippen LogP contribution in [-0.2, 0) is 14.2 Å². The Morgan fingerprint density at radius 2 is 1.62 bits per heavy atom. The molecule has 0 heterocycles. The van der Waals surface area contributed by atoms with E-state index in [-0.39, 0.29) is 6.29 Å². The van der Waals surface area contributed by atoms with Crippen LogP contribution in [0, 0.1) is 5.92 Å². The minimum Gasteiger partial charge on any atom is -0.376 e. The molecular formula is C13H26O3. The van der Waals surface area contributed by atoms with Gasteiger partial charge in [-0.05, 0) is 32.6 Å². The van der Waals surface area contributed by atoms with E-state index in [1.807, 2.05) is 13.8 Å². The number of hydrogen-bond donors (Lipinski definition) is 0. The Balaban J connectivity index is 2.06. The van der Waals surface area contributed by atoms with Crippen molar-refractivity contribution >= 4 is 0 Å². The zero-order chi connectivity index (χ0) is 11.6. The molecule has 0 amide bonds. The second-order valence-electron chi connectivity index (χ2n) is 4.38. The summed E-state index contributed by atoms with van der Waals surface area (Å²) >= 11 is 0. The molecule has 0 aromatic heterocycles. The lowest BCUT2D eigenvalue weighted by Gasteiger charge is -2.23. The molecule has 1 aliphatic carbocycles. The van der Waals surface area contributed by atoms with Gasteiger partial charge in [0.15, 0.2) is 6.29 Å². The van der Waals surface area contributed by atoms with E-state index < -0.39 is 0 Å². The van der Waals surface area contributed by atoms with E-state index in [2.05, 4.69) is 0 Å². The van der Waals surface area contributed by atoms with Crippen LogP contribution in [0.4, 0.5) is 0 Å². The highest BCUT2D eigenvalue weighted by atomic mass is 16.7. The van der Waals surface area contributed by atoms with Crippen molar-refractivity contribution in [3.63, 3.8) is 0 Å². The lowest BCUT2D eigenvalue weighted by atomic mass is 9.90. The van der Waals surface area contributed by atoms with Crippen LogP contribution < -0.4 is 0 Å². The molecule has 0 N–H and O–H groups in total. The van der Waals surface area contributed by atoms with E-state index in [4.69, 9.17) is 14.2 Å². The van der Waals surface area contributed by atoms with Gasteiger partial charge in [0.1, 0.15) is 0 Å². The lowest BCUT2D eigenvalue weighted by Crippen LogP contribution is -2.25. The predicted molar refractivity (Wildman–Crippen MR) is 64.4 cm³/mol. The van der Waals surface area contributed by atoms with Crippen molar-refractivity contribution in [2.75, 3.05) is 26.4 Å². The average molecular weight is 230 g/mol. The zero-order valence-corrected chi connectivity index (χ0v) is 10.7. The van der Waals surface area contributed by atoms with Gasteiger partial charge < -0.3 is 14.2 Å². The first-order valence-electron chi connectivity index (χ1n) is 6.67. The lowest BCUT2D eigenvalue weighted by molar-refractivity contribution is -0.169. The molecule has 0 aromatic carbocycles. The highest BCUT2D eigenvalue weighted by Crippen LogP contribution is 2.23. The molecule has 1 saturated carbocycles. The maximum atomic E-state index is 5.69. The molecule has 96 valence electrons. The highest BCUT2D eigenvalue weighted by molar-refractivity contribution is 4.64. The van der Waals surface area contributed by atoms with Crippen molar-refractivity contribution in [3.05, 3.63) is 0 Å². The van der Waals surface area contributed by atoms with Gasteiger partial charge in [-0.25, -0.2) is 0 Å². The summed E-state index contributed by atoms with van der Waals surface area (Å²) in [5, 5.41) is 0. The first-order chi connectivity index (χ1) is 7.86. The van der Waals surface area contributed by atoms with E-state index in [9.17, 15) is 0 Å². The first-order valence-corrected chi connectivity index (χ1v) is 6.67. The molecule has 0 spiro atoms. The van der Waals surface area contributed by atoms with E-state index >= 15 is 0 Å². The minimum atomic E-state index is -0.182. The fourth-order valence-electron chi connectivity index (χ4n) is 2.20. The van der Waals surface area contributed by atoms with Crippen molar-refractivity contribution in [1.29, 1.82) is 0 Å². The number of ether oxygens (including phenoxy) is 3. The van der Waals surface area contributed by atoms with Crippen molar-refractivity contribution in [2.24, 2.45) is 5.92 Å². The van der Waals surface area contributed by atoms with Crippen LogP contribution >= 0.6 is 0 Å². The van der Waals surface area contributed by atoms with E-state index in [0.717, 1.165) is 12.5 Å². The van der Waals surface area contributed by atoms with Crippen LogP contribution in [0.2, 0.25) is 0 Å². The van der Waals surface area contributed by atoms with Gasteiger partial charge in [-0.2, -0.15) is 0 Å². The highest BCUT2D eigenvalue weighted by Gasteiger charge is 2.15. The molecule has 3 nitrogen and oxygen atoms in total. The third-order valence-electron chi connectivity index (χ3n) is 3.04. The normalized spacial score (nSPS) is 18.2. The first kappa shape index (κ1) is 13.9. The SMILES string of the molecule is CCOC(COCC1CCCCC1)OCC. The summed E-state index contributed by atoms with van der Waals surface area (Å²) in [6.45, 7) is 6.75. The van der Waals surface area contributed by atoms with Crippen LogP contribution in [0.1, 0.15) is 46.0 Å². The van der Waals surface area contributed by atoms with Crippen LogP contribution in [0.5, 0.6) is 0 Å². The monoisotopic (exact) mass is 230 g/mol. The third kappa shape index (κ3) is 5.83. The van der Waals surface area contributed by atoms with Gasteiger partial charge in [-0.1, -0.05) is 19.3 Å². The van der Waals surface area contributed by atoms with Crippen molar-refractivity contribution in [1.82, 2.24) is 0 Å². The maximum Gasteiger partial charge on any atom is 0.180 e. The Morgan fingerprint density at radius 3 is 2.19 bits per heavy atom. The molecule has 0 aromatic rings. The average Bonchev–Trinajstić information content (AvgIpc) is 2.31. The summed E-state index contributed by atoms with van der Waals surface area (Å²) in [4.78, 5) is 0. The quantitative estimate of drug-likeness (QED) is 0.600. The molecule has 16 heavy (non-hydrogen) atoms. The Bertz CT molecular complexity index is 149. The molecule has 3 heteroatoms. The van der Waals surface area contributed by atoms with Crippen LogP contribution in [0.25, 0.3) is 0 Å². The van der Waals surface area contributed by atoms with Gasteiger partial charge in [-0.3, -0.25) is 0 Å². The molecule has 0 bridgehead atoms. The molecule has 0 aliphatic heterocycles. The van der Waals surface area contributed by atoms with Gasteiger partial charge in [0.25, 0.3) is 0 Å². The molecule has 1 rings (SSSR count). The van der Waals surface area contributed by atoms with Crippen molar-refractivity contribution in [3.8, 4) is 0 Å². The second kappa shape index (κ2) is 8.97. The molecule has 0 radical (unpaired) electrons. The third-order valence-corrected chi connectivity index (χ3v) is 3.04. The molecule has 1 fully saturated rings. The fraction of sp³-hybridized carbons (Fsp3) is 1.00. The zero-order valence-electron chi connectivity index (χ0n) is 10.7. The van der Waals surface area contributed by atoms with Gasteiger partial charge >= 0.3 is 0 Å². The number of hydrogen-bond acceptors (Lipinski definition) is 3. The molecule has 0 atom stereocenters. The Kier molecular flexibility index (Phi) is 7.81. The summed E-state index contributed by atoms with van der Waals surface area (Å²) in [6, 6.07) is 0. The molecule has 1 aliphatic rings. The van der Waals surface area contributed by atoms with Gasteiger partial charge in [-0.15, -0.1) is 0 Å². The van der Waals surface area contributed by atoms with E-state index in [0.29, 0.717) is 19.8 Å². The van der Waals surface area contributed by atoms with Gasteiger partial charge in [0.2, 0.25) is 0 Å². The van der Waals surface area contributed by atoms with Crippen LogP contribution in [-0.4, -0.2) is 32.7 Å². The largest absolute Gasteiger partial charge is 0.376 e. The second-order valence-corrected chi connectivity index (χ2v) is 4.38. The minimum absolute atomic E-state index is 0.182. The summed E-state index contributed by atoms with van der Waals surface area (Å²) in [6.07, 6.45) is 6.61. The Morgan fingerprint density at radius 1 is 1.00 bits per heavy atom. The summed E-state index contributed by atoms with van der Waals surface area (Å²) in [5.74, 6) is 0.762. The standard InChI is InChI=1S/C13H26O3/c1-3-15-13(16-4-2)11-14-10-12-8-6-5-7-9-12/h12-13H,3-11H2,1-2H3. The van der Waals surface area contributed by atoms with Crippen LogP contribution in [0.15, 0.2) is 0 Å². The summed E-state index contributed by atoms with van der Waals surface area (Å²) < 4.78 is 16.5. The number of rotatable bonds is 8. The molecule has 0 unspecified atom stereocenters. The van der Waals surface area contributed by atoms with E-state index in [1.54, 1.807) is 0 Å². The maximum absolute atomic E-state index is 5.69. The van der Waals surface area contributed by atoms with Gasteiger partial charge in [0, 0.05) is 19.8 Å². The van der Waals surface area contributed by atoms with Crippen molar-refractivity contribution in [2.45, 2.75) is 52.2 Å². The van der Waals surface area contributed by atoms with E-state index in [1.165, 1.54) is 32.1 Å². The van der Waals surface area contributed by atoms with Crippen LogP contribution in [0.3, 0.4) is 0 Å². The Labute approximate surface area is 99.5 Å². The topological polar surface area (TPSA) is 27.7 Å². The summed E-state index contributed by atoms with van der Waals surface area (Å²) in [7, 11) is 0. The Hall–Kier alpha value is -0.120. The fourth-order valence-corrected chi connectivity index (χ4v) is 2.20. The van der Waals surface area contributed by atoms with Crippen molar-refractivity contribution < 1.29 is 14.2 Å². The smallest absolute Gasteiger partial charge is 0.180 e. The predicted octanol–water partition coefficient (Wildman–Crippen LogP) is 2.98. The summed E-state index contributed by atoms with van der Waals surface area (Å²) in [5.41, 5.74) is 0. The van der Waals surface area contributed by atoms with Gasteiger partial charge in [0.05, 0.1) is 6.61 Å². The molecule has 0 saturated heterocycles.